The van der Waals surface area contributed by atoms with Crippen LogP contribution in [0.25, 0.3) is 6.08 Å². The Morgan fingerprint density at radius 2 is 1.96 bits per heavy atom. The number of hydrogen-bond acceptors (Lipinski definition) is 4. The van der Waals surface area contributed by atoms with Gasteiger partial charge in [0.25, 0.3) is 0 Å². The average molecular weight is 384 g/mol. The fourth-order valence-corrected chi connectivity index (χ4v) is 2.78. The van der Waals surface area contributed by atoms with Crippen LogP contribution in [0.1, 0.15) is 5.56 Å². The number of rotatable bonds is 5. The third-order valence-corrected chi connectivity index (χ3v) is 4.67. The van der Waals surface area contributed by atoms with Gasteiger partial charge in [-0.1, -0.05) is 17.7 Å². The van der Waals surface area contributed by atoms with Gasteiger partial charge in [0.15, 0.2) is 21.4 Å². The van der Waals surface area contributed by atoms with Crippen molar-refractivity contribution in [1.29, 1.82) is 0 Å². The van der Waals surface area contributed by atoms with Gasteiger partial charge in [-0.3, -0.25) is 4.79 Å². The topological polar surface area (TPSA) is 72.5 Å². The van der Waals surface area contributed by atoms with Crippen molar-refractivity contribution in [3.63, 3.8) is 0 Å². The van der Waals surface area contributed by atoms with E-state index in [1.807, 2.05) is 0 Å². The van der Waals surface area contributed by atoms with E-state index >= 15 is 0 Å². The van der Waals surface area contributed by atoms with Crippen LogP contribution in [0.3, 0.4) is 0 Å². The number of halogens is 2. The highest BCUT2D eigenvalue weighted by Gasteiger charge is 2.11. The third-order valence-electron chi connectivity index (χ3n) is 3.23. The average Bonchev–Trinajstić information content (AvgIpc) is 2.54. The lowest BCUT2D eigenvalue weighted by Crippen LogP contribution is -2.09. The van der Waals surface area contributed by atoms with E-state index in [4.69, 9.17) is 16.3 Å². The van der Waals surface area contributed by atoms with Crippen LogP contribution in [0.5, 0.6) is 5.75 Å². The van der Waals surface area contributed by atoms with E-state index in [1.54, 1.807) is 6.07 Å². The smallest absolute Gasteiger partial charge is 0.248 e. The van der Waals surface area contributed by atoms with E-state index in [0.717, 1.165) is 6.26 Å². The lowest BCUT2D eigenvalue weighted by molar-refractivity contribution is -0.111. The first kappa shape index (κ1) is 19.0. The van der Waals surface area contributed by atoms with E-state index in [0.29, 0.717) is 5.56 Å². The van der Waals surface area contributed by atoms with Crippen LogP contribution in [-0.2, 0) is 14.6 Å². The zero-order chi connectivity index (χ0) is 18.6. The molecular weight excluding hydrogens is 369 g/mol. The predicted molar refractivity (Wildman–Crippen MR) is 95.2 cm³/mol. The van der Waals surface area contributed by atoms with Crippen molar-refractivity contribution < 1.29 is 22.3 Å². The van der Waals surface area contributed by atoms with Crippen molar-refractivity contribution in [2.45, 2.75) is 4.90 Å². The van der Waals surface area contributed by atoms with Crippen LogP contribution < -0.4 is 10.1 Å². The summed E-state index contributed by atoms with van der Waals surface area (Å²) in [6.07, 6.45) is 3.65. The second-order valence-corrected chi connectivity index (χ2v) is 7.55. The molecule has 0 saturated heterocycles. The highest BCUT2D eigenvalue weighted by atomic mass is 35.5. The van der Waals surface area contributed by atoms with Crippen molar-refractivity contribution in [3.8, 4) is 5.75 Å². The minimum absolute atomic E-state index is 0.0356. The molecular formula is C17H15ClFNO4S. The molecule has 8 heteroatoms. The van der Waals surface area contributed by atoms with E-state index in [2.05, 4.69) is 5.32 Å². The summed E-state index contributed by atoms with van der Waals surface area (Å²) in [6.45, 7) is 0. The number of amides is 1. The van der Waals surface area contributed by atoms with Gasteiger partial charge < -0.3 is 10.1 Å². The fourth-order valence-electron chi connectivity index (χ4n) is 1.96. The number of sulfone groups is 1. The minimum Gasteiger partial charge on any atom is -0.494 e. The van der Waals surface area contributed by atoms with E-state index in [1.165, 1.54) is 49.6 Å². The Labute approximate surface area is 150 Å². The summed E-state index contributed by atoms with van der Waals surface area (Å²) >= 11 is 5.96. The first-order chi connectivity index (χ1) is 11.7. The quantitative estimate of drug-likeness (QED) is 0.801. The van der Waals surface area contributed by atoms with Crippen LogP contribution in [-0.4, -0.2) is 27.7 Å². The first-order valence-corrected chi connectivity index (χ1v) is 9.30. The van der Waals surface area contributed by atoms with Crippen LogP contribution in [0.2, 0.25) is 5.02 Å². The molecule has 2 aromatic rings. The summed E-state index contributed by atoms with van der Waals surface area (Å²) in [6, 6.07) is 8.26. The monoisotopic (exact) mass is 383 g/mol. The number of methoxy groups -OCH3 is 1. The molecule has 0 atom stereocenters. The SMILES string of the molecule is COc1ccc(/C=C/C(=O)Nc2cc(S(C)(=O)=O)ccc2Cl)cc1F. The maximum atomic E-state index is 13.6. The van der Waals surface area contributed by atoms with Gasteiger partial charge in [-0.25, -0.2) is 12.8 Å². The molecule has 132 valence electrons. The third kappa shape index (κ3) is 5.04. The lowest BCUT2D eigenvalue weighted by atomic mass is 10.2. The number of hydrogen-bond donors (Lipinski definition) is 1. The summed E-state index contributed by atoms with van der Waals surface area (Å²) in [5, 5.41) is 2.69. The second-order valence-electron chi connectivity index (χ2n) is 5.13. The molecule has 0 spiro atoms. The molecule has 0 radical (unpaired) electrons. The maximum Gasteiger partial charge on any atom is 0.248 e. The zero-order valence-electron chi connectivity index (χ0n) is 13.4. The van der Waals surface area contributed by atoms with Crippen molar-refractivity contribution in [3.05, 3.63) is 58.9 Å². The van der Waals surface area contributed by atoms with Crippen LogP contribution in [0.4, 0.5) is 10.1 Å². The number of anilines is 1. The number of ether oxygens (including phenoxy) is 1. The molecule has 0 aliphatic rings. The van der Waals surface area contributed by atoms with Gasteiger partial charge >= 0.3 is 0 Å². The van der Waals surface area contributed by atoms with Crippen molar-refractivity contribution in [2.24, 2.45) is 0 Å². The molecule has 0 aliphatic heterocycles. The Kier molecular flexibility index (Phi) is 5.81. The zero-order valence-corrected chi connectivity index (χ0v) is 15.0. The maximum absolute atomic E-state index is 13.6. The molecule has 0 heterocycles. The summed E-state index contributed by atoms with van der Waals surface area (Å²) in [5.41, 5.74) is 0.629. The molecule has 0 aliphatic carbocycles. The first-order valence-electron chi connectivity index (χ1n) is 7.03. The minimum atomic E-state index is -3.43. The van der Waals surface area contributed by atoms with Gasteiger partial charge in [0.05, 0.1) is 22.7 Å². The van der Waals surface area contributed by atoms with Crippen molar-refractivity contribution >= 4 is 39.1 Å². The number of carbonyl (C=O) groups is 1. The van der Waals surface area contributed by atoms with Gasteiger partial charge in [-0.15, -0.1) is 0 Å². The molecule has 2 aromatic carbocycles. The fraction of sp³-hybridized carbons (Fsp3) is 0.118. The van der Waals surface area contributed by atoms with E-state index in [9.17, 15) is 17.6 Å². The van der Waals surface area contributed by atoms with Crippen molar-refractivity contribution in [2.75, 3.05) is 18.7 Å². The highest BCUT2D eigenvalue weighted by molar-refractivity contribution is 7.90. The summed E-state index contributed by atoms with van der Waals surface area (Å²) in [4.78, 5) is 12.0. The number of benzene rings is 2. The van der Waals surface area contributed by atoms with Crippen molar-refractivity contribution in [1.82, 2.24) is 0 Å². The number of carbonyl (C=O) groups excluding carboxylic acids is 1. The summed E-state index contributed by atoms with van der Waals surface area (Å²) in [5.74, 6) is -0.983. The summed E-state index contributed by atoms with van der Waals surface area (Å²) in [7, 11) is -2.07. The Morgan fingerprint density at radius 3 is 2.56 bits per heavy atom. The molecule has 0 bridgehead atoms. The molecule has 0 aromatic heterocycles. The lowest BCUT2D eigenvalue weighted by Gasteiger charge is -2.07. The van der Waals surface area contributed by atoms with Crippen LogP contribution in [0, 0.1) is 5.82 Å². The largest absolute Gasteiger partial charge is 0.494 e. The normalized spacial score (nSPS) is 11.5. The summed E-state index contributed by atoms with van der Waals surface area (Å²) < 4.78 is 41.5. The number of nitrogens with one attached hydrogen (secondary N) is 1. The van der Waals surface area contributed by atoms with Gasteiger partial charge in [-0.2, -0.15) is 0 Å². The molecule has 0 saturated carbocycles. The molecule has 25 heavy (non-hydrogen) atoms. The standard InChI is InChI=1S/C17H15ClFNO4S/c1-24-16-7-3-11(9-14(16)19)4-8-17(21)20-15-10-12(25(2,22)23)5-6-13(15)18/h3-10H,1-2H3,(H,20,21)/b8-4+. The molecule has 1 N–H and O–H groups in total. The van der Waals surface area contributed by atoms with Gasteiger partial charge in [-0.05, 0) is 42.0 Å². The Hall–Kier alpha value is -2.38. The Bertz CT molecular complexity index is 942. The Morgan fingerprint density at radius 1 is 1.24 bits per heavy atom. The van der Waals surface area contributed by atoms with Crippen LogP contribution >= 0.6 is 11.6 Å². The molecule has 2 rings (SSSR count). The highest BCUT2D eigenvalue weighted by Crippen LogP contribution is 2.25. The van der Waals surface area contributed by atoms with Gasteiger partial charge in [0.1, 0.15) is 0 Å². The molecule has 5 nitrogen and oxygen atoms in total. The Balaban J connectivity index is 2.16. The molecule has 0 unspecified atom stereocenters. The van der Waals surface area contributed by atoms with E-state index in [-0.39, 0.29) is 21.4 Å². The van der Waals surface area contributed by atoms with Crippen LogP contribution in [0.15, 0.2) is 47.4 Å². The van der Waals surface area contributed by atoms with E-state index < -0.39 is 21.6 Å². The second kappa shape index (κ2) is 7.67. The van der Waals surface area contributed by atoms with Gasteiger partial charge in [0.2, 0.25) is 5.91 Å². The predicted octanol–water partition coefficient (Wildman–Crippen LogP) is 3.54. The molecule has 1 amide bonds. The van der Waals surface area contributed by atoms with Gasteiger partial charge in [0, 0.05) is 12.3 Å². The molecule has 0 fully saturated rings.